The average molecular weight is 473 g/mol. The normalized spacial score (nSPS) is 22.6. The van der Waals surface area contributed by atoms with Crippen molar-refractivity contribution in [3.63, 3.8) is 0 Å². The summed E-state index contributed by atoms with van der Waals surface area (Å²) in [7, 11) is 2.21. The van der Waals surface area contributed by atoms with E-state index in [4.69, 9.17) is 16.6 Å². The van der Waals surface area contributed by atoms with Gasteiger partial charge in [0.15, 0.2) is 5.82 Å². The van der Waals surface area contributed by atoms with Crippen molar-refractivity contribution < 1.29 is 5.11 Å². The highest BCUT2D eigenvalue weighted by molar-refractivity contribution is 5.74. The van der Waals surface area contributed by atoms with E-state index in [1.165, 1.54) is 94.7 Å². The summed E-state index contributed by atoms with van der Waals surface area (Å²) in [6.07, 6.45) is 20.5. The molecule has 0 spiro atoms. The number of likely N-dealkylation sites (N-methyl/N-ethyl adjacent to an activating group) is 1. The number of phenols is 1. The molecule has 0 unspecified atom stereocenters. The van der Waals surface area contributed by atoms with Crippen molar-refractivity contribution in [3.8, 4) is 29.4 Å². The van der Waals surface area contributed by atoms with E-state index in [1.54, 1.807) is 6.07 Å². The van der Waals surface area contributed by atoms with Crippen molar-refractivity contribution in [2.75, 3.05) is 25.5 Å². The van der Waals surface area contributed by atoms with E-state index >= 15 is 0 Å². The molecule has 1 aliphatic heterocycles. The summed E-state index contributed by atoms with van der Waals surface area (Å²) in [6, 6.07) is 5.94. The standard InChI is InChI=1S/C30H40N4O/c1-3-21-16-17-25(26(35)19-21)29-27(22-11-6-4-7-12-22)28(23-13-8-5-9-14-23)30(33-32-29)31-24-15-10-18-34(2)20-24/h1,16-17,19,22-24,35H,4-15,18,20H2,2H3,(H,31,33)/t24-/m1/s1. The third-order valence-corrected chi connectivity index (χ3v) is 8.46. The Kier molecular flexibility index (Phi) is 7.58. The van der Waals surface area contributed by atoms with Crippen LogP contribution >= 0.6 is 0 Å². The van der Waals surface area contributed by atoms with Gasteiger partial charge in [-0.25, -0.2) is 0 Å². The lowest BCUT2D eigenvalue weighted by Gasteiger charge is -2.35. The molecule has 5 rings (SSSR count). The highest BCUT2D eigenvalue weighted by Gasteiger charge is 2.32. The molecule has 1 atom stereocenters. The SMILES string of the molecule is C#Cc1ccc(-c2nnc(N[C@@H]3CCCN(C)C3)c(C3CCCCC3)c2C2CCCCC2)c(O)c1. The van der Waals surface area contributed by atoms with Crippen LogP contribution in [-0.4, -0.2) is 46.4 Å². The molecular formula is C30H40N4O. The number of rotatable bonds is 5. The van der Waals surface area contributed by atoms with Gasteiger partial charge in [-0.05, 0) is 87.7 Å². The smallest absolute Gasteiger partial charge is 0.152 e. The molecule has 0 radical (unpaired) electrons. The lowest BCUT2D eigenvalue weighted by Crippen LogP contribution is -2.40. The van der Waals surface area contributed by atoms with Gasteiger partial charge in [0.1, 0.15) is 11.4 Å². The molecule has 1 saturated heterocycles. The zero-order valence-electron chi connectivity index (χ0n) is 21.2. The van der Waals surface area contributed by atoms with Gasteiger partial charge >= 0.3 is 0 Å². The van der Waals surface area contributed by atoms with Gasteiger partial charge in [0, 0.05) is 29.3 Å². The highest BCUT2D eigenvalue weighted by Crippen LogP contribution is 2.47. The second-order valence-electron chi connectivity index (χ2n) is 11.0. The number of benzene rings is 1. The first kappa shape index (κ1) is 24.1. The fourth-order valence-electron chi connectivity index (χ4n) is 6.68. The van der Waals surface area contributed by atoms with Gasteiger partial charge in [-0.15, -0.1) is 16.6 Å². The topological polar surface area (TPSA) is 61.3 Å². The van der Waals surface area contributed by atoms with Crippen LogP contribution in [0.15, 0.2) is 18.2 Å². The summed E-state index contributed by atoms with van der Waals surface area (Å²) in [5.41, 5.74) is 5.06. The number of phenolic OH excluding ortho intramolecular Hbond substituents is 1. The summed E-state index contributed by atoms with van der Waals surface area (Å²) >= 11 is 0. The Bertz CT molecular complexity index is 1060. The fraction of sp³-hybridized carbons (Fsp3) is 0.600. The molecule has 35 heavy (non-hydrogen) atoms. The molecule has 2 heterocycles. The minimum Gasteiger partial charge on any atom is -0.507 e. The molecule has 2 saturated carbocycles. The molecule has 0 amide bonds. The van der Waals surface area contributed by atoms with Crippen molar-refractivity contribution in [3.05, 3.63) is 34.9 Å². The summed E-state index contributed by atoms with van der Waals surface area (Å²) < 4.78 is 0. The molecule has 5 nitrogen and oxygen atoms in total. The maximum atomic E-state index is 11.0. The van der Waals surface area contributed by atoms with Crippen LogP contribution in [0.5, 0.6) is 5.75 Å². The molecule has 2 aromatic rings. The van der Waals surface area contributed by atoms with E-state index in [9.17, 15) is 5.11 Å². The van der Waals surface area contributed by atoms with Gasteiger partial charge < -0.3 is 15.3 Å². The van der Waals surface area contributed by atoms with Crippen molar-refractivity contribution in [2.45, 2.75) is 94.9 Å². The molecule has 3 aliphatic rings. The summed E-state index contributed by atoms with van der Waals surface area (Å²) in [4.78, 5) is 2.41. The number of nitrogens with one attached hydrogen (secondary N) is 1. The first-order chi connectivity index (χ1) is 17.1. The van der Waals surface area contributed by atoms with Crippen molar-refractivity contribution in [1.29, 1.82) is 0 Å². The van der Waals surface area contributed by atoms with E-state index < -0.39 is 0 Å². The van der Waals surface area contributed by atoms with E-state index in [0.717, 1.165) is 23.6 Å². The third-order valence-electron chi connectivity index (χ3n) is 8.46. The highest BCUT2D eigenvalue weighted by atomic mass is 16.3. The first-order valence-corrected chi connectivity index (χ1v) is 13.8. The van der Waals surface area contributed by atoms with Crippen molar-refractivity contribution in [1.82, 2.24) is 15.1 Å². The van der Waals surface area contributed by atoms with E-state index in [1.807, 2.05) is 12.1 Å². The summed E-state index contributed by atoms with van der Waals surface area (Å²) in [6.45, 7) is 2.21. The summed E-state index contributed by atoms with van der Waals surface area (Å²) in [5, 5.41) is 24.5. The number of hydrogen-bond donors (Lipinski definition) is 2. The predicted octanol–water partition coefficient (Wildman–Crippen LogP) is 6.43. The molecule has 1 aromatic carbocycles. The van der Waals surface area contributed by atoms with Gasteiger partial charge in [-0.3, -0.25) is 0 Å². The quantitative estimate of drug-likeness (QED) is 0.491. The lowest BCUT2D eigenvalue weighted by atomic mass is 9.74. The maximum absolute atomic E-state index is 11.0. The van der Waals surface area contributed by atoms with Crippen molar-refractivity contribution >= 4 is 5.82 Å². The number of likely N-dealkylation sites (tertiary alicyclic amines) is 1. The van der Waals surface area contributed by atoms with Crippen LogP contribution in [0, 0.1) is 12.3 Å². The number of terminal acetylenes is 1. The number of nitrogens with zero attached hydrogens (tertiary/aromatic N) is 3. The van der Waals surface area contributed by atoms with Crippen LogP contribution in [0.3, 0.4) is 0 Å². The number of hydrogen-bond acceptors (Lipinski definition) is 5. The zero-order chi connectivity index (χ0) is 24.2. The summed E-state index contributed by atoms with van der Waals surface area (Å²) in [5.74, 6) is 4.81. The Morgan fingerprint density at radius 2 is 1.60 bits per heavy atom. The Hall–Kier alpha value is -2.58. The predicted molar refractivity (Wildman–Crippen MR) is 143 cm³/mol. The van der Waals surface area contributed by atoms with Crippen LogP contribution in [0.1, 0.15) is 106 Å². The Morgan fingerprint density at radius 3 is 2.23 bits per heavy atom. The second kappa shape index (κ2) is 11.0. The molecule has 0 bridgehead atoms. The van der Waals surface area contributed by atoms with Crippen LogP contribution in [0.4, 0.5) is 5.82 Å². The lowest BCUT2D eigenvalue weighted by molar-refractivity contribution is 0.260. The number of piperidine rings is 1. The molecule has 5 heteroatoms. The molecule has 1 aromatic heterocycles. The number of anilines is 1. The number of aromatic hydroxyl groups is 1. The monoisotopic (exact) mass is 472 g/mol. The minimum absolute atomic E-state index is 0.205. The molecule has 2 N–H and O–H groups in total. The first-order valence-electron chi connectivity index (χ1n) is 13.8. The van der Waals surface area contributed by atoms with E-state index in [0.29, 0.717) is 23.4 Å². The van der Waals surface area contributed by atoms with Crippen LogP contribution in [-0.2, 0) is 0 Å². The van der Waals surface area contributed by atoms with Crippen LogP contribution in [0.2, 0.25) is 0 Å². The second-order valence-corrected chi connectivity index (χ2v) is 11.0. The minimum atomic E-state index is 0.205. The van der Waals surface area contributed by atoms with Gasteiger partial charge in [-0.1, -0.05) is 44.4 Å². The third kappa shape index (κ3) is 5.33. The van der Waals surface area contributed by atoms with Gasteiger partial charge in [0.05, 0.1) is 0 Å². The van der Waals surface area contributed by atoms with Crippen LogP contribution < -0.4 is 5.32 Å². The van der Waals surface area contributed by atoms with E-state index in [2.05, 4.69) is 23.2 Å². The molecule has 2 aliphatic carbocycles. The Labute approximate surface area is 210 Å². The number of aromatic nitrogens is 2. The molecule has 3 fully saturated rings. The zero-order valence-corrected chi connectivity index (χ0v) is 21.2. The molecule has 186 valence electrons. The average Bonchev–Trinajstić information content (AvgIpc) is 2.89. The van der Waals surface area contributed by atoms with Gasteiger partial charge in [0.25, 0.3) is 0 Å². The van der Waals surface area contributed by atoms with Gasteiger partial charge in [-0.2, -0.15) is 0 Å². The van der Waals surface area contributed by atoms with Crippen LogP contribution in [0.25, 0.3) is 11.3 Å². The molecular weight excluding hydrogens is 432 g/mol. The largest absolute Gasteiger partial charge is 0.507 e. The fourth-order valence-corrected chi connectivity index (χ4v) is 6.68. The Morgan fingerprint density at radius 1 is 0.914 bits per heavy atom. The van der Waals surface area contributed by atoms with Crippen molar-refractivity contribution in [2.24, 2.45) is 0 Å². The van der Waals surface area contributed by atoms with Gasteiger partial charge in [0.2, 0.25) is 0 Å². The Balaban J connectivity index is 1.65. The van der Waals surface area contributed by atoms with E-state index in [-0.39, 0.29) is 5.75 Å². The maximum Gasteiger partial charge on any atom is 0.152 e.